The van der Waals surface area contributed by atoms with Crippen LogP contribution in [0.5, 0.6) is 0 Å². The predicted molar refractivity (Wildman–Crippen MR) is 101 cm³/mol. The van der Waals surface area contributed by atoms with E-state index in [1.165, 1.54) is 12.5 Å². The van der Waals surface area contributed by atoms with E-state index in [9.17, 15) is 10.1 Å². The first-order valence-corrected chi connectivity index (χ1v) is 8.11. The molecule has 0 aliphatic carbocycles. The summed E-state index contributed by atoms with van der Waals surface area (Å²) < 4.78 is 0. The van der Waals surface area contributed by atoms with Crippen LogP contribution >= 0.6 is 23.2 Å². The molecule has 0 amide bonds. The van der Waals surface area contributed by atoms with E-state index in [1.54, 1.807) is 30.3 Å². The highest BCUT2D eigenvalue weighted by molar-refractivity contribution is 6.30. The molecule has 0 aliphatic rings. The maximum absolute atomic E-state index is 11.6. The Hall–Kier alpha value is -2.97. The molecule has 0 spiro atoms. The number of hydrogen-bond acceptors (Lipinski definition) is 7. The molecule has 2 heterocycles. The standard InChI is InChI=1S/C16H12Cl2N6O2/c1-9-6-10(17)2-4-12(9)22-15-14(24(25)26)16(21-8-20-15)23-13-5-3-11(18)7-19-13/h2-8H,1H3,(H2,19,20,21,22,23). The van der Waals surface area contributed by atoms with Crippen molar-refractivity contribution in [1.82, 2.24) is 15.0 Å². The molecule has 0 saturated carbocycles. The molecule has 0 atom stereocenters. The van der Waals surface area contributed by atoms with Crippen molar-refractivity contribution < 1.29 is 4.92 Å². The quantitative estimate of drug-likeness (QED) is 0.472. The maximum atomic E-state index is 11.6. The van der Waals surface area contributed by atoms with Crippen LogP contribution in [-0.4, -0.2) is 19.9 Å². The van der Waals surface area contributed by atoms with Gasteiger partial charge in [-0.1, -0.05) is 23.2 Å². The normalized spacial score (nSPS) is 10.4. The fourth-order valence-electron chi connectivity index (χ4n) is 2.20. The molecule has 8 nitrogen and oxygen atoms in total. The summed E-state index contributed by atoms with van der Waals surface area (Å²) in [6.07, 6.45) is 2.64. The largest absolute Gasteiger partial charge is 0.353 e. The Morgan fingerprint density at radius 1 is 1.00 bits per heavy atom. The second-order valence-corrected chi connectivity index (χ2v) is 6.12. The van der Waals surface area contributed by atoms with Gasteiger partial charge in [0.05, 0.1) is 9.95 Å². The molecular weight excluding hydrogens is 379 g/mol. The Kier molecular flexibility index (Phi) is 5.15. The molecule has 3 aromatic rings. The van der Waals surface area contributed by atoms with Gasteiger partial charge in [-0.05, 0) is 42.8 Å². The summed E-state index contributed by atoms with van der Waals surface area (Å²) in [6.45, 7) is 1.83. The third-order valence-electron chi connectivity index (χ3n) is 3.42. The zero-order chi connectivity index (χ0) is 18.7. The van der Waals surface area contributed by atoms with Crippen molar-refractivity contribution in [2.75, 3.05) is 10.6 Å². The molecule has 0 fully saturated rings. The van der Waals surface area contributed by atoms with Crippen molar-refractivity contribution in [2.24, 2.45) is 0 Å². The topological polar surface area (TPSA) is 106 Å². The van der Waals surface area contributed by atoms with Crippen LogP contribution in [0.25, 0.3) is 0 Å². The third-order valence-corrected chi connectivity index (χ3v) is 3.88. The van der Waals surface area contributed by atoms with E-state index in [4.69, 9.17) is 23.2 Å². The Bertz CT molecular complexity index is 965. The molecule has 0 bridgehead atoms. The molecule has 0 unspecified atom stereocenters. The van der Waals surface area contributed by atoms with Gasteiger partial charge in [0.15, 0.2) is 0 Å². The highest BCUT2D eigenvalue weighted by Crippen LogP contribution is 2.33. The fourth-order valence-corrected chi connectivity index (χ4v) is 2.54. The lowest BCUT2D eigenvalue weighted by Crippen LogP contribution is -2.06. The minimum absolute atomic E-state index is 0.00828. The van der Waals surface area contributed by atoms with Gasteiger partial charge in [-0.25, -0.2) is 15.0 Å². The Labute approximate surface area is 158 Å². The molecule has 2 aromatic heterocycles. The van der Waals surface area contributed by atoms with Gasteiger partial charge in [0, 0.05) is 16.9 Å². The summed E-state index contributed by atoms with van der Waals surface area (Å²) in [7, 11) is 0. The minimum atomic E-state index is -0.564. The Balaban J connectivity index is 1.98. The van der Waals surface area contributed by atoms with Gasteiger partial charge in [-0.3, -0.25) is 10.1 Å². The molecule has 0 aliphatic heterocycles. The van der Waals surface area contributed by atoms with E-state index in [2.05, 4.69) is 25.6 Å². The van der Waals surface area contributed by atoms with Crippen molar-refractivity contribution in [3.05, 3.63) is 68.6 Å². The molecule has 132 valence electrons. The second-order valence-electron chi connectivity index (χ2n) is 5.25. The summed E-state index contributed by atoms with van der Waals surface area (Å²) in [5.41, 5.74) is 1.16. The Morgan fingerprint density at radius 2 is 1.69 bits per heavy atom. The predicted octanol–water partition coefficient (Wildman–Crippen LogP) is 4.88. The lowest BCUT2D eigenvalue weighted by Gasteiger charge is -2.11. The van der Waals surface area contributed by atoms with Gasteiger partial charge in [-0.15, -0.1) is 0 Å². The van der Waals surface area contributed by atoms with Gasteiger partial charge in [0.1, 0.15) is 12.1 Å². The molecule has 3 rings (SSSR count). The summed E-state index contributed by atoms with van der Waals surface area (Å²) in [6, 6.07) is 8.34. The first-order valence-electron chi connectivity index (χ1n) is 7.35. The van der Waals surface area contributed by atoms with Crippen LogP contribution in [0.15, 0.2) is 42.9 Å². The minimum Gasteiger partial charge on any atom is -0.334 e. The highest BCUT2D eigenvalue weighted by atomic mass is 35.5. The van der Waals surface area contributed by atoms with Crippen LogP contribution in [0.4, 0.5) is 28.8 Å². The van der Waals surface area contributed by atoms with Crippen molar-refractivity contribution >= 4 is 52.0 Å². The molecule has 0 saturated heterocycles. The number of halogens is 2. The molecule has 10 heteroatoms. The van der Waals surface area contributed by atoms with Gasteiger partial charge >= 0.3 is 5.69 Å². The molecule has 26 heavy (non-hydrogen) atoms. The summed E-state index contributed by atoms with van der Waals surface area (Å²) in [5.74, 6) is 0.422. The average molecular weight is 391 g/mol. The third kappa shape index (κ3) is 3.98. The zero-order valence-electron chi connectivity index (χ0n) is 13.4. The average Bonchev–Trinajstić information content (AvgIpc) is 2.59. The highest BCUT2D eigenvalue weighted by Gasteiger charge is 2.24. The van der Waals surface area contributed by atoms with Crippen molar-refractivity contribution in [3.8, 4) is 0 Å². The maximum Gasteiger partial charge on any atom is 0.353 e. The first-order chi connectivity index (χ1) is 12.4. The van der Waals surface area contributed by atoms with Crippen molar-refractivity contribution in [2.45, 2.75) is 6.92 Å². The zero-order valence-corrected chi connectivity index (χ0v) is 14.9. The SMILES string of the molecule is Cc1cc(Cl)ccc1Nc1ncnc(Nc2ccc(Cl)cn2)c1[N+](=O)[O-]. The lowest BCUT2D eigenvalue weighted by molar-refractivity contribution is -0.383. The lowest BCUT2D eigenvalue weighted by atomic mass is 10.2. The van der Waals surface area contributed by atoms with Crippen molar-refractivity contribution in [3.63, 3.8) is 0 Å². The summed E-state index contributed by atoms with van der Waals surface area (Å²) in [4.78, 5) is 23.0. The summed E-state index contributed by atoms with van der Waals surface area (Å²) in [5, 5.41) is 18.4. The number of rotatable bonds is 5. The molecular formula is C16H12Cl2N6O2. The fraction of sp³-hybridized carbons (Fsp3) is 0.0625. The van der Waals surface area contributed by atoms with Crippen LogP contribution < -0.4 is 10.6 Å². The van der Waals surface area contributed by atoms with Crippen LogP contribution in [0.2, 0.25) is 10.0 Å². The van der Waals surface area contributed by atoms with Crippen LogP contribution in [-0.2, 0) is 0 Å². The molecule has 1 aromatic carbocycles. The number of nitrogens with zero attached hydrogens (tertiary/aromatic N) is 4. The number of anilines is 4. The number of aryl methyl sites for hydroxylation is 1. The molecule has 2 N–H and O–H groups in total. The summed E-state index contributed by atoms with van der Waals surface area (Å²) >= 11 is 11.7. The number of nitrogens with one attached hydrogen (secondary N) is 2. The van der Waals surface area contributed by atoms with Crippen LogP contribution in [0.3, 0.4) is 0 Å². The number of pyridine rings is 1. The van der Waals surface area contributed by atoms with E-state index < -0.39 is 4.92 Å². The smallest absolute Gasteiger partial charge is 0.334 e. The van der Waals surface area contributed by atoms with E-state index in [0.717, 1.165) is 5.56 Å². The van der Waals surface area contributed by atoms with Crippen LogP contribution in [0.1, 0.15) is 5.56 Å². The van der Waals surface area contributed by atoms with E-state index in [1.807, 2.05) is 6.92 Å². The monoisotopic (exact) mass is 390 g/mol. The number of hydrogen-bond donors (Lipinski definition) is 2. The molecule has 0 radical (unpaired) electrons. The number of benzene rings is 1. The number of nitro groups is 1. The van der Waals surface area contributed by atoms with Gasteiger partial charge in [0.25, 0.3) is 0 Å². The van der Waals surface area contributed by atoms with Crippen LogP contribution in [0, 0.1) is 17.0 Å². The van der Waals surface area contributed by atoms with Gasteiger partial charge < -0.3 is 10.6 Å². The van der Waals surface area contributed by atoms with E-state index in [-0.39, 0.29) is 17.3 Å². The van der Waals surface area contributed by atoms with Gasteiger partial charge in [-0.2, -0.15) is 0 Å². The van der Waals surface area contributed by atoms with E-state index in [0.29, 0.717) is 21.6 Å². The van der Waals surface area contributed by atoms with Crippen molar-refractivity contribution in [1.29, 1.82) is 0 Å². The second kappa shape index (κ2) is 7.51. The number of aromatic nitrogens is 3. The van der Waals surface area contributed by atoms with E-state index >= 15 is 0 Å². The first kappa shape index (κ1) is 17.8. The van der Waals surface area contributed by atoms with Gasteiger partial charge in [0.2, 0.25) is 11.6 Å². The Morgan fingerprint density at radius 3 is 2.31 bits per heavy atom.